The van der Waals surface area contributed by atoms with Crippen LogP contribution in [0.15, 0.2) is 0 Å². The van der Waals surface area contributed by atoms with Gasteiger partial charge in [0.25, 0.3) is 0 Å². The Morgan fingerprint density at radius 2 is 2.46 bits per heavy atom. The van der Waals surface area contributed by atoms with Crippen LogP contribution in [0.4, 0.5) is 0 Å². The molecule has 0 aromatic carbocycles. The van der Waals surface area contributed by atoms with E-state index in [4.69, 9.17) is 6.42 Å². The molecule has 13 heavy (non-hydrogen) atoms. The summed E-state index contributed by atoms with van der Waals surface area (Å²) in [6.45, 7) is 3.18. The van der Waals surface area contributed by atoms with Gasteiger partial charge in [0.1, 0.15) is 0 Å². The Hall–Kier alpha value is -0.130. The maximum atomic E-state index is 5.37. The van der Waals surface area contributed by atoms with Crippen molar-refractivity contribution in [3.63, 3.8) is 0 Å². The van der Waals surface area contributed by atoms with Crippen molar-refractivity contribution in [3.8, 4) is 12.3 Å². The van der Waals surface area contributed by atoms with Crippen LogP contribution in [0.2, 0.25) is 0 Å². The van der Waals surface area contributed by atoms with Crippen LogP contribution >= 0.6 is 11.8 Å². The molecule has 1 rings (SSSR count). The lowest BCUT2D eigenvalue weighted by Gasteiger charge is -2.29. The van der Waals surface area contributed by atoms with E-state index in [9.17, 15) is 0 Å². The largest absolute Gasteiger partial charge is 0.312 e. The second kappa shape index (κ2) is 6.34. The van der Waals surface area contributed by atoms with Gasteiger partial charge in [-0.2, -0.15) is 11.8 Å². The van der Waals surface area contributed by atoms with Crippen LogP contribution in [-0.4, -0.2) is 23.6 Å². The molecule has 0 aromatic rings. The average Bonchev–Trinajstić information content (AvgIpc) is 2.19. The summed E-state index contributed by atoms with van der Waals surface area (Å²) < 4.78 is 0. The summed E-state index contributed by atoms with van der Waals surface area (Å²) >= 11 is 2.09. The van der Waals surface area contributed by atoms with Crippen molar-refractivity contribution in [1.82, 2.24) is 5.32 Å². The van der Waals surface area contributed by atoms with Gasteiger partial charge in [0.15, 0.2) is 0 Å². The molecule has 1 N–H and O–H groups in total. The third-order valence-electron chi connectivity index (χ3n) is 2.47. The highest BCUT2D eigenvalue weighted by Crippen LogP contribution is 2.28. The van der Waals surface area contributed by atoms with Gasteiger partial charge in [-0.1, -0.05) is 13.3 Å². The second-order valence-electron chi connectivity index (χ2n) is 3.48. The Balaban J connectivity index is 2.37. The summed E-state index contributed by atoms with van der Waals surface area (Å²) in [5.74, 6) is 4.09. The van der Waals surface area contributed by atoms with Crippen molar-refractivity contribution in [2.45, 2.75) is 43.9 Å². The number of rotatable bonds is 4. The predicted octanol–water partition coefficient (Wildman–Crippen LogP) is 2.27. The minimum Gasteiger partial charge on any atom is -0.312 e. The fraction of sp³-hybridized carbons (Fsp3) is 0.818. The van der Waals surface area contributed by atoms with Crippen molar-refractivity contribution >= 4 is 11.8 Å². The van der Waals surface area contributed by atoms with E-state index in [1.54, 1.807) is 0 Å². The van der Waals surface area contributed by atoms with E-state index in [2.05, 4.69) is 29.9 Å². The zero-order valence-electron chi connectivity index (χ0n) is 8.38. The van der Waals surface area contributed by atoms with Gasteiger partial charge in [0.2, 0.25) is 0 Å². The van der Waals surface area contributed by atoms with Gasteiger partial charge in [0.05, 0.1) is 0 Å². The summed E-state index contributed by atoms with van der Waals surface area (Å²) in [6.07, 6.45) is 10.3. The van der Waals surface area contributed by atoms with Gasteiger partial charge in [0, 0.05) is 17.7 Å². The lowest BCUT2D eigenvalue weighted by molar-refractivity contribution is 0.482. The maximum absolute atomic E-state index is 5.37. The summed E-state index contributed by atoms with van der Waals surface area (Å²) in [4.78, 5) is 0. The molecule has 0 bridgehead atoms. The summed E-state index contributed by atoms with van der Waals surface area (Å²) in [5.41, 5.74) is 0. The number of hydrogen-bond acceptors (Lipinski definition) is 2. The van der Waals surface area contributed by atoms with Crippen molar-refractivity contribution in [2.24, 2.45) is 0 Å². The van der Waals surface area contributed by atoms with Gasteiger partial charge in [-0.25, -0.2) is 0 Å². The second-order valence-corrected chi connectivity index (χ2v) is 4.82. The van der Waals surface area contributed by atoms with Crippen LogP contribution < -0.4 is 5.32 Å². The van der Waals surface area contributed by atoms with E-state index in [-0.39, 0.29) is 0 Å². The van der Waals surface area contributed by atoms with Crippen molar-refractivity contribution in [1.29, 1.82) is 0 Å². The van der Waals surface area contributed by atoms with Gasteiger partial charge in [-0.15, -0.1) is 12.3 Å². The first kappa shape index (κ1) is 10.9. The zero-order valence-corrected chi connectivity index (χ0v) is 9.20. The number of terminal acetylenes is 1. The Morgan fingerprint density at radius 1 is 1.62 bits per heavy atom. The molecular weight excluding hydrogens is 178 g/mol. The highest BCUT2D eigenvalue weighted by Gasteiger charge is 2.22. The molecule has 1 nitrogen and oxygen atoms in total. The fourth-order valence-electron chi connectivity index (χ4n) is 1.81. The lowest BCUT2D eigenvalue weighted by atomic mass is 10.0. The first-order valence-electron chi connectivity index (χ1n) is 5.17. The molecule has 74 valence electrons. The number of hydrogen-bond donors (Lipinski definition) is 1. The predicted molar refractivity (Wildman–Crippen MR) is 61.0 cm³/mol. The van der Waals surface area contributed by atoms with Crippen LogP contribution in [0.5, 0.6) is 0 Å². The molecule has 0 saturated carbocycles. The Bertz CT molecular complexity index is 167. The molecule has 1 fully saturated rings. The molecule has 1 aliphatic rings. The Morgan fingerprint density at radius 3 is 3.00 bits per heavy atom. The summed E-state index contributed by atoms with van der Waals surface area (Å²) in [7, 11) is 0. The minimum absolute atomic E-state index is 0.542. The highest BCUT2D eigenvalue weighted by atomic mass is 32.2. The van der Waals surface area contributed by atoms with Crippen LogP contribution in [0, 0.1) is 12.3 Å². The van der Waals surface area contributed by atoms with E-state index >= 15 is 0 Å². The molecule has 0 aromatic heterocycles. The van der Waals surface area contributed by atoms with Crippen molar-refractivity contribution in [3.05, 3.63) is 0 Å². The van der Waals surface area contributed by atoms with Crippen molar-refractivity contribution in [2.75, 3.05) is 12.3 Å². The lowest BCUT2D eigenvalue weighted by Crippen LogP contribution is -2.39. The maximum Gasteiger partial charge on any atom is 0.0295 e. The van der Waals surface area contributed by atoms with Crippen LogP contribution in [0.25, 0.3) is 0 Å². The SMILES string of the molecule is C#CCC(NCC)C1CCCCS1. The highest BCUT2D eigenvalue weighted by molar-refractivity contribution is 8.00. The quantitative estimate of drug-likeness (QED) is 0.694. The van der Waals surface area contributed by atoms with E-state index in [0.717, 1.165) is 18.2 Å². The van der Waals surface area contributed by atoms with Gasteiger partial charge in [-0.05, 0) is 25.1 Å². The van der Waals surface area contributed by atoms with Crippen LogP contribution in [-0.2, 0) is 0 Å². The smallest absolute Gasteiger partial charge is 0.0295 e. The van der Waals surface area contributed by atoms with Crippen LogP contribution in [0.3, 0.4) is 0 Å². The summed E-state index contributed by atoms with van der Waals surface area (Å²) in [5, 5.41) is 4.24. The molecule has 2 atom stereocenters. The molecule has 0 radical (unpaired) electrons. The Kier molecular flexibility index (Phi) is 5.34. The standard InChI is InChI=1S/C11H19NS/c1-3-7-10(12-4-2)11-8-5-6-9-13-11/h1,10-12H,4-9H2,2H3. The third kappa shape index (κ3) is 3.62. The van der Waals surface area contributed by atoms with E-state index < -0.39 is 0 Å². The molecule has 0 aliphatic carbocycles. The summed E-state index contributed by atoms with van der Waals surface area (Å²) in [6, 6.07) is 0.542. The first-order chi connectivity index (χ1) is 6.38. The van der Waals surface area contributed by atoms with E-state index in [0.29, 0.717) is 6.04 Å². The first-order valence-corrected chi connectivity index (χ1v) is 6.21. The van der Waals surface area contributed by atoms with E-state index in [1.165, 1.54) is 25.0 Å². The van der Waals surface area contributed by atoms with Gasteiger partial charge >= 0.3 is 0 Å². The normalized spacial score (nSPS) is 25.1. The third-order valence-corrected chi connectivity index (χ3v) is 3.98. The molecule has 0 spiro atoms. The molecule has 1 heterocycles. The van der Waals surface area contributed by atoms with Gasteiger partial charge < -0.3 is 5.32 Å². The molecular formula is C11H19NS. The van der Waals surface area contributed by atoms with Crippen LogP contribution in [0.1, 0.15) is 32.6 Å². The molecule has 2 unspecified atom stereocenters. The molecule has 1 aliphatic heterocycles. The van der Waals surface area contributed by atoms with E-state index in [1.807, 2.05) is 0 Å². The minimum atomic E-state index is 0.542. The monoisotopic (exact) mass is 197 g/mol. The number of thioether (sulfide) groups is 1. The Labute approximate surface area is 86.1 Å². The zero-order chi connectivity index (χ0) is 9.52. The molecule has 1 saturated heterocycles. The van der Waals surface area contributed by atoms with Gasteiger partial charge in [-0.3, -0.25) is 0 Å². The molecule has 0 amide bonds. The van der Waals surface area contributed by atoms with Crippen molar-refractivity contribution < 1.29 is 0 Å². The average molecular weight is 197 g/mol. The fourth-order valence-corrected chi connectivity index (χ4v) is 3.24. The number of nitrogens with one attached hydrogen (secondary N) is 1. The molecule has 2 heteroatoms. The topological polar surface area (TPSA) is 12.0 Å².